The fraction of sp³-hybridized carbons (Fsp3) is 0.772. The zero-order chi connectivity index (χ0) is 71.8. The molecule has 3 N–H and O–H groups in total. The van der Waals surface area contributed by atoms with E-state index in [9.17, 15) is 43.2 Å². The number of hydrogen-bond acceptors (Lipinski definition) is 15. The predicted molar refractivity (Wildman–Crippen MR) is 399 cm³/mol. The molecule has 17 nitrogen and oxygen atoms in total. The van der Waals surface area contributed by atoms with Crippen molar-refractivity contribution in [2.24, 2.45) is 0 Å². The molecule has 0 aliphatic rings. The van der Waals surface area contributed by atoms with Gasteiger partial charge in [0, 0.05) is 25.7 Å². The molecule has 568 valence electrons. The van der Waals surface area contributed by atoms with Crippen molar-refractivity contribution in [3.05, 3.63) is 85.1 Å². The van der Waals surface area contributed by atoms with E-state index in [1.54, 1.807) is 0 Å². The summed E-state index contributed by atoms with van der Waals surface area (Å²) in [4.78, 5) is 72.8. The monoisotopic (exact) mass is 1420 g/mol. The number of carbonyl (C=O) groups is 4. The van der Waals surface area contributed by atoms with Crippen molar-refractivity contribution in [1.82, 2.24) is 0 Å². The van der Waals surface area contributed by atoms with Crippen molar-refractivity contribution in [1.29, 1.82) is 0 Å². The minimum absolute atomic E-state index is 0.0216. The van der Waals surface area contributed by atoms with Crippen LogP contribution in [-0.4, -0.2) is 96.7 Å². The van der Waals surface area contributed by atoms with E-state index in [-0.39, 0.29) is 25.7 Å². The first-order valence-corrected chi connectivity index (χ1v) is 41.8. The van der Waals surface area contributed by atoms with Crippen LogP contribution in [0.15, 0.2) is 85.1 Å². The molecular weight excluding hydrogens is 1280 g/mol. The molecule has 0 aromatic heterocycles. The van der Waals surface area contributed by atoms with E-state index in [1.807, 2.05) is 12.2 Å². The average molecular weight is 1420 g/mol. The summed E-state index contributed by atoms with van der Waals surface area (Å²) in [5, 5.41) is 10.6. The lowest BCUT2D eigenvalue weighted by Gasteiger charge is -2.21. The van der Waals surface area contributed by atoms with Crippen molar-refractivity contribution >= 4 is 39.5 Å². The van der Waals surface area contributed by atoms with Gasteiger partial charge in [0.2, 0.25) is 0 Å². The number of phosphoric acid groups is 2. The number of hydrogen-bond donors (Lipinski definition) is 3. The Bertz CT molecular complexity index is 2190. The standard InChI is InChI=1S/C79H140O17P2/c1-5-9-13-17-21-25-29-33-35-36-38-42-46-50-54-58-62-66-79(84)96-75(70-90-77(82)64-60-56-52-48-44-40-32-28-24-20-16-12-8-4)72-94-98(87,88)92-68-73(80)67-91-97(85,86)93-71-74(69-89-76(81)63-59-55-51-47-43-39-31-27-23-19-15-11-7-3)95-78(83)65-61-57-53-49-45-41-37-34-30-26-22-18-14-10-6-2/h21-22,25-27,31,33-35,37-38,42,50,54,73-75,80H,5-20,23-24,28-30,32,36,39-41,43-49,51-53,55-72H2,1-4H3,(H,85,86)(H,87,88)/b25-21-,26-22-,31-27-,35-33-,37-34-,42-38-,54-50-/t73-,74-,75-/m1/s1. The summed E-state index contributed by atoms with van der Waals surface area (Å²) in [5.74, 6) is -2.25. The average Bonchev–Trinajstić information content (AvgIpc) is 1.05. The van der Waals surface area contributed by atoms with Gasteiger partial charge in [0.15, 0.2) is 12.2 Å². The van der Waals surface area contributed by atoms with E-state index in [4.69, 9.17) is 37.0 Å². The fourth-order valence-electron chi connectivity index (χ4n) is 10.4. The number of ether oxygens (including phenoxy) is 4. The maximum atomic E-state index is 13.1. The summed E-state index contributed by atoms with van der Waals surface area (Å²) < 4.78 is 68.4. The topological polar surface area (TPSA) is 237 Å². The Hall–Kier alpha value is -3.76. The highest BCUT2D eigenvalue weighted by molar-refractivity contribution is 7.47. The van der Waals surface area contributed by atoms with E-state index in [0.717, 1.165) is 128 Å². The maximum absolute atomic E-state index is 13.1. The fourth-order valence-corrected chi connectivity index (χ4v) is 11.9. The summed E-state index contributed by atoms with van der Waals surface area (Å²) in [6, 6.07) is 0. The van der Waals surface area contributed by atoms with Crippen molar-refractivity contribution in [2.75, 3.05) is 39.6 Å². The number of allylic oxidation sites excluding steroid dienone is 14. The highest BCUT2D eigenvalue weighted by Crippen LogP contribution is 2.45. The SMILES string of the molecule is CCCCC/C=C\C/C=C\C/C=C\C/C=C\CCCC(=O)O[C@H](COC(=O)CCCCCCCCCCCCCCC)COP(=O)(O)OC[C@H](O)COP(=O)(O)OC[C@@H](COC(=O)CCCCCCC/C=C\CCCCCC)OC(=O)CCCCCCC/C=C\C/C=C\CCCCC. The first-order chi connectivity index (χ1) is 47.7. The molecule has 0 aliphatic carbocycles. The van der Waals surface area contributed by atoms with Gasteiger partial charge in [-0.15, -0.1) is 0 Å². The third-order valence-electron chi connectivity index (χ3n) is 16.3. The van der Waals surface area contributed by atoms with Crippen molar-refractivity contribution < 1.29 is 80.2 Å². The smallest absolute Gasteiger partial charge is 0.462 e. The number of unbranched alkanes of at least 4 members (excludes halogenated alkanes) is 33. The Kier molecular flexibility index (Phi) is 68.9. The highest BCUT2D eigenvalue weighted by Gasteiger charge is 2.30. The molecule has 0 rings (SSSR count). The molecule has 0 saturated heterocycles. The molecule has 0 saturated carbocycles. The van der Waals surface area contributed by atoms with Crippen LogP contribution < -0.4 is 0 Å². The van der Waals surface area contributed by atoms with Gasteiger partial charge in [-0.2, -0.15) is 0 Å². The zero-order valence-electron chi connectivity index (χ0n) is 62.0. The van der Waals surface area contributed by atoms with E-state index >= 15 is 0 Å². The van der Waals surface area contributed by atoms with Crippen LogP contribution in [0.4, 0.5) is 0 Å². The lowest BCUT2D eigenvalue weighted by atomic mass is 10.0. The van der Waals surface area contributed by atoms with Gasteiger partial charge in [-0.3, -0.25) is 37.3 Å². The van der Waals surface area contributed by atoms with Gasteiger partial charge < -0.3 is 33.8 Å². The molecule has 2 unspecified atom stereocenters. The van der Waals surface area contributed by atoms with Gasteiger partial charge in [-0.05, 0) is 122 Å². The van der Waals surface area contributed by atoms with E-state index in [2.05, 4.69) is 101 Å². The molecule has 5 atom stereocenters. The minimum atomic E-state index is -4.99. The Morgan fingerprint density at radius 1 is 0.286 bits per heavy atom. The molecule has 0 spiro atoms. The molecule has 0 fully saturated rings. The zero-order valence-corrected chi connectivity index (χ0v) is 63.7. The molecule has 0 aromatic carbocycles. The van der Waals surface area contributed by atoms with Gasteiger partial charge in [-0.25, -0.2) is 9.13 Å². The van der Waals surface area contributed by atoms with Crippen LogP contribution in [0.2, 0.25) is 0 Å². The third-order valence-corrected chi connectivity index (χ3v) is 18.2. The molecule has 98 heavy (non-hydrogen) atoms. The van der Waals surface area contributed by atoms with Crippen LogP contribution in [0, 0.1) is 0 Å². The Labute approximate surface area is 595 Å². The van der Waals surface area contributed by atoms with Crippen LogP contribution in [0.5, 0.6) is 0 Å². The van der Waals surface area contributed by atoms with Crippen LogP contribution in [0.3, 0.4) is 0 Å². The summed E-state index contributed by atoms with van der Waals surface area (Å²) in [5.41, 5.74) is 0. The second-order valence-corrected chi connectivity index (χ2v) is 28.9. The summed E-state index contributed by atoms with van der Waals surface area (Å²) in [6.45, 7) is 4.75. The van der Waals surface area contributed by atoms with Gasteiger partial charge in [-0.1, -0.05) is 273 Å². The lowest BCUT2D eigenvalue weighted by Crippen LogP contribution is -2.30. The number of aliphatic hydroxyl groups excluding tert-OH is 1. The van der Waals surface area contributed by atoms with E-state index in [1.165, 1.54) is 122 Å². The van der Waals surface area contributed by atoms with E-state index < -0.39 is 97.5 Å². The van der Waals surface area contributed by atoms with Crippen molar-refractivity contribution in [2.45, 2.75) is 354 Å². The summed E-state index contributed by atoms with van der Waals surface area (Å²) in [6.07, 6.45) is 72.9. The lowest BCUT2D eigenvalue weighted by molar-refractivity contribution is -0.161. The van der Waals surface area contributed by atoms with Gasteiger partial charge in [0.05, 0.1) is 26.4 Å². The van der Waals surface area contributed by atoms with Crippen LogP contribution in [0.1, 0.15) is 336 Å². The van der Waals surface area contributed by atoms with Crippen LogP contribution in [-0.2, 0) is 65.4 Å². The summed E-state index contributed by atoms with van der Waals surface area (Å²) >= 11 is 0. The number of esters is 4. The molecule has 0 radical (unpaired) electrons. The van der Waals surface area contributed by atoms with E-state index in [0.29, 0.717) is 32.1 Å². The van der Waals surface area contributed by atoms with Gasteiger partial charge in [0.1, 0.15) is 19.3 Å². The molecule has 0 aromatic rings. The molecule has 0 amide bonds. The van der Waals surface area contributed by atoms with Crippen molar-refractivity contribution in [3.63, 3.8) is 0 Å². The molecular formula is C79H140O17P2. The van der Waals surface area contributed by atoms with Gasteiger partial charge >= 0.3 is 39.5 Å². The van der Waals surface area contributed by atoms with Gasteiger partial charge in [0.25, 0.3) is 0 Å². The second kappa shape index (κ2) is 71.6. The van der Waals surface area contributed by atoms with Crippen LogP contribution in [0.25, 0.3) is 0 Å². The highest BCUT2D eigenvalue weighted by atomic mass is 31.2. The first kappa shape index (κ1) is 94.2. The Balaban J connectivity index is 5.40. The first-order valence-electron chi connectivity index (χ1n) is 38.8. The molecule has 0 aliphatic heterocycles. The predicted octanol–water partition coefficient (Wildman–Crippen LogP) is 22.2. The molecule has 0 heterocycles. The largest absolute Gasteiger partial charge is 0.472 e. The number of rotatable bonds is 73. The third kappa shape index (κ3) is 70.7. The Morgan fingerprint density at radius 3 is 0.847 bits per heavy atom. The minimum Gasteiger partial charge on any atom is -0.462 e. The second-order valence-electron chi connectivity index (χ2n) is 25.9. The Morgan fingerprint density at radius 2 is 0.510 bits per heavy atom. The normalized spacial score (nSPS) is 14.4. The van der Waals surface area contributed by atoms with Crippen molar-refractivity contribution in [3.8, 4) is 0 Å². The number of carbonyl (C=O) groups excluding carboxylic acids is 4. The molecule has 19 heteroatoms. The maximum Gasteiger partial charge on any atom is 0.472 e. The number of aliphatic hydroxyl groups is 1. The molecule has 0 bridgehead atoms. The quantitative estimate of drug-likeness (QED) is 0.0169. The summed E-state index contributed by atoms with van der Waals surface area (Å²) in [7, 11) is -9.96. The van der Waals surface area contributed by atoms with Crippen LogP contribution >= 0.6 is 15.6 Å². The number of phosphoric ester groups is 2.